The van der Waals surface area contributed by atoms with Crippen LogP contribution in [0.15, 0.2) is 28.8 Å². The minimum absolute atomic E-state index is 0.0444. The molecule has 0 unspecified atom stereocenters. The molecule has 1 aromatic heterocycles. The van der Waals surface area contributed by atoms with Crippen LogP contribution in [-0.4, -0.2) is 17.1 Å². The van der Waals surface area contributed by atoms with Gasteiger partial charge < -0.3 is 9.84 Å². The molecule has 2 atom stereocenters. The molecule has 0 aliphatic carbocycles. The summed E-state index contributed by atoms with van der Waals surface area (Å²) in [5.41, 5.74) is 4.25. The molecule has 1 amide bonds. The number of nitrogens with zero attached hydrogens (tertiary/aromatic N) is 1. The van der Waals surface area contributed by atoms with Crippen molar-refractivity contribution in [3.8, 4) is 0 Å². The van der Waals surface area contributed by atoms with Gasteiger partial charge in [0.2, 0.25) is 5.91 Å². The summed E-state index contributed by atoms with van der Waals surface area (Å²) in [5.74, 6) is 0.569. The summed E-state index contributed by atoms with van der Waals surface area (Å²) in [6, 6.07) is 8.37. The third kappa shape index (κ3) is 4.01. The Morgan fingerprint density at radius 1 is 1.26 bits per heavy atom. The Kier molecular flexibility index (Phi) is 5.59. The maximum Gasteiger partial charge on any atom is 0.227 e. The van der Waals surface area contributed by atoms with Crippen LogP contribution < -0.4 is 5.32 Å². The minimum atomic E-state index is -0.208. The van der Waals surface area contributed by atoms with Crippen LogP contribution in [0.1, 0.15) is 54.3 Å². The van der Waals surface area contributed by atoms with E-state index in [9.17, 15) is 4.79 Å². The number of hydrogen-bond donors (Lipinski definition) is 1. The molecule has 0 saturated carbocycles. The van der Waals surface area contributed by atoms with Crippen LogP contribution in [0.25, 0.3) is 0 Å². The zero-order valence-corrected chi connectivity index (χ0v) is 14.6. The van der Waals surface area contributed by atoms with E-state index in [0.717, 1.165) is 29.9 Å². The molecule has 124 valence electrons. The van der Waals surface area contributed by atoms with E-state index in [2.05, 4.69) is 29.5 Å². The fourth-order valence-corrected chi connectivity index (χ4v) is 3.07. The Balaban J connectivity index is 2.06. The predicted octanol–water partition coefficient (Wildman–Crippen LogP) is 3.84. The van der Waals surface area contributed by atoms with Crippen molar-refractivity contribution in [1.29, 1.82) is 0 Å². The average molecular weight is 314 g/mol. The van der Waals surface area contributed by atoms with Crippen molar-refractivity contribution in [2.45, 2.75) is 59.4 Å². The van der Waals surface area contributed by atoms with E-state index in [0.29, 0.717) is 0 Å². The molecule has 0 aliphatic heterocycles. The Bertz CT molecular complexity index is 656. The summed E-state index contributed by atoms with van der Waals surface area (Å²) in [5, 5.41) is 7.11. The summed E-state index contributed by atoms with van der Waals surface area (Å²) < 4.78 is 5.21. The van der Waals surface area contributed by atoms with E-state index in [1.807, 2.05) is 39.8 Å². The second-order valence-corrected chi connectivity index (χ2v) is 6.24. The lowest BCUT2D eigenvalue weighted by atomic mass is 9.93. The van der Waals surface area contributed by atoms with Crippen LogP contribution in [0.5, 0.6) is 0 Å². The fourth-order valence-electron chi connectivity index (χ4n) is 3.07. The van der Waals surface area contributed by atoms with Crippen LogP contribution in [0.4, 0.5) is 0 Å². The molecule has 0 aliphatic rings. The monoisotopic (exact) mass is 314 g/mol. The molecule has 4 heteroatoms. The maximum atomic E-state index is 12.7. The number of nitrogens with one attached hydrogen (secondary N) is 1. The van der Waals surface area contributed by atoms with E-state index in [4.69, 9.17) is 4.52 Å². The van der Waals surface area contributed by atoms with Gasteiger partial charge in [-0.15, -0.1) is 0 Å². The van der Waals surface area contributed by atoms with Gasteiger partial charge in [0.15, 0.2) is 0 Å². The van der Waals surface area contributed by atoms with Crippen molar-refractivity contribution < 1.29 is 9.32 Å². The highest BCUT2D eigenvalue weighted by molar-refractivity contribution is 5.84. The van der Waals surface area contributed by atoms with Gasteiger partial charge in [0.05, 0.1) is 11.6 Å². The third-order valence-corrected chi connectivity index (χ3v) is 4.34. The first-order chi connectivity index (χ1) is 10.9. The summed E-state index contributed by atoms with van der Waals surface area (Å²) in [4.78, 5) is 12.7. The van der Waals surface area contributed by atoms with E-state index < -0.39 is 0 Å². The zero-order valence-electron chi connectivity index (χ0n) is 14.6. The second-order valence-electron chi connectivity index (χ2n) is 6.24. The van der Waals surface area contributed by atoms with Crippen LogP contribution in [-0.2, 0) is 11.2 Å². The molecule has 1 aromatic carbocycles. The average Bonchev–Trinajstić information content (AvgIpc) is 2.82. The highest BCUT2D eigenvalue weighted by Gasteiger charge is 2.26. The quantitative estimate of drug-likeness (QED) is 0.881. The zero-order chi connectivity index (χ0) is 17.0. The molecule has 0 radical (unpaired) electrons. The van der Waals surface area contributed by atoms with Gasteiger partial charge in [-0.25, -0.2) is 0 Å². The number of benzene rings is 1. The number of carbonyl (C=O) groups is 1. The SMILES string of the molecule is CC[C@@H](C(=O)N[C@H](C)Cc1ccccc1C)c1c(C)noc1C. The van der Waals surface area contributed by atoms with Crippen molar-refractivity contribution in [2.24, 2.45) is 0 Å². The van der Waals surface area contributed by atoms with Crippen molar-refractivity contribution in [1.82, 2.24) is 10.5 Å². The molecular formula is C19H26N2O2. The molecule has 23 heavy (non-hydrogen) atoms. The van der Waals surface area contributed by atoms with Gasteiger partial charge in [0, 0.05) is 11.6 Å². The minimum Gasteiger partial charge on any atom is -0.361 e. The van der Waals surface area contributed by atoms with Crippen molar-refractivity contribution >= 4 is 5.91 Å². The molecule has 1 N–H and O–H groups in total. The molecule has 2 rings (SSSR count). The van der Waals surface area contributed by atoms with E-state index >= 15 is 0 Å². The number of aryl methyl sites for hydroxylation is 3. The normalized spacial score (nSPS) is 13.6. The largest absolute Gasteiger partial charge is 0.361 e. The molecule has 2 aromatic rings. The van der Waals surface area contributed by atoms with Gasteiger partial charge in [-0.3, -0.25) is 4.79 Å². The van der Waals surface area contributed by atoms with Crippen LogP contribution in [0, 0.1) is 20.8 Å². The molecule has 0 saturated heterocycles. The summed E-state index contributed by atoms with van der Waals surface area (Å²) in [6.07, 6.45) is 1.56. The molecular weight excluding hydrogens is 288 g/mol. The van der Waals surface area contributed by atoms with Crippen molar-refractivity contribution in [3.05, 3.63) is 52.4 Å². The summed E-state index contributed by atoms with van der Waals surface area (Å²) in [6.45, 7) is 9.91. The molecule has 0 spiro atoms. The number of amides is 1. The lowest BCUT2D eigenvalue weighted by molar-refractivity contribution is -0.123. The lowest BCUT2D eigenvalue weighted by Gasteiger charge is -2.20. The summed E-state index contributed by atoms with van der Waals surface area (Å²) in [7, 11) is 0. The molecule has 1 heterocycles. The highest BCUT2D eigenvalue weighted by Crippen LogP contribution is 2.26. The van der Waals surface area contributed by atoms with Crippen LogP contribution in [0.3, 0.4) is 0 Å². The van der Waals surface area contributed by atoms with Gasteiger partial charge in [0.1, 0.15) is 5.76 Å². The first kappa shape index (κ1) is 17.3. The predicted molar refractivity (Wildman–Crippen MR) is 91.5 cm³/mol. The summed E-state index contributed by atoms with van der Waals surface area (Å²) >= 11 is 0. The first-order valence-corrected chi connectivity index (χ1v) is 8.21. The van der Waals surface area contributed by atoms with Gasteiger partial charge in [-0.1, -0.05) is 36.3 Å². The Labute approximate surface area is 138 Å². The van der Waals surface area contributed by atoms with Crippen molar-refractivity contribution in [2.75, 3.05) is 0 Å². The lowest BCUT2D eigenvalue weighted by Crippen LogP contribution is -2.37. The van der Waals surface area contributed by atoms with E-state index in [-0.39, 0.29) is 17.9 Å². The van der Waals surface area contributed by atoms with Crippen LogP contribution in [0.2, 0.25) is 0 Å². The Hall–Kier alpha value is -2.10. The van der Waals surface area contributed by atoms with Gasteiger partial charge in [-0.2, -0.15) is 0 Å². The fraction of sp³-hybridized carbons (Fsp3) is 0.474. The Morgan fingerprint density at radius 3 is 2.52 bits per heavy atom. The number of rotatable bonds is 6. The molecule has 0 bridgehead atoms. The number of hydrogen-bond acceptors (Lipinski definition) is 3. The van der Waals surface area contributed by atoms with E-state index in [1.54, 1.807) is 0 Å². The van der Waals surface area contributed by atoms with Crippen molar-refractivity contribution in [3.63, 3.8) is 0 Å². The standard InChI is InChI=1S/C19H26N2O2/c1-6-17(18-14(4)21-23-15(18)5)19(22)20-13(3)11-16-10-8-7-9-12(16)2/h7-10,13,17H,6,11H2,1-5H3,(H,20,22)/t13-,17-/m1/s1. The topological polar surface area (TPSA) is 55.1 Å². The Morgan fingerprint density at radius 2 is 1.96 bits per heavy atom. The highest BCUT2D eigenvalue weighted by atomic mass is 16.5. The number of aromatic nitrogens is 1. The van der Waals surface area contributed by atoms with Crippen LogP contribution >= 0.6 is 0 Å². The maximum absolute atomic E-state index is 12.7. The first-order valence-electron chi connectivity index (χ1n) is 8.21. The van der Waals surface area contributed by atoms with Gasteiger partial charge in [-0.05, 0) is 51.7 Å². The molecule has 4 nitrogen and oxygen atoms in total. The molecule has 0 fully saturated rings. The van der Waals surface area contributed by atoms with E-state index in [1.165, 1.54) is 11.1 Å². The third-order valence-electron chi connectivity index (χ3n) is 4.34. The smallest absolute Gasteiger partial charge is 0.227 e. The van der Waals surface area contributed by atoms with Gasteiger partial charge >= 0.3 is 0 Å². The van der Waals surface area contributed by atoms with Gasteiger partial charge in [0.25, 0.3) is 0 Å². The second kappa shape index (κ2) is 7.44. The number of carbonyl (C=O) groups excluding carboxylic acids is 1.